The molecule has 0 saturated carbocycles. The average molecular weight is 247 g/mol. The molecule has 3 N–H and O–H groups in total. The molecule has 17 heavy (non-hydrogen) atoms. The molecule has 0 amide bonds. The van der Waals surface area contributed by atoms with E-state index in [4.69, 9.17) is 20.3 Å². The molecule has 0 bridgehead atoms. The van der Waals surface area contributed by atoms with E-state index in [2.05, 4.69) is 0 Å². The molecule has 0 aliphatic rings. The predicted molar refractivity (Wildman–Crippen MR) is 66.0 cm³/mol. The topological polar surface area (TPSA) is 81.8 Å². The van der Waals surface area contributed by atoms with Crippen molar-refractivity contribution in [3.8, 4) is 0 Å². The summed E-state index contributed by atoms with van der Waals surface area (Å²) in [7, 11) is 0. The number of hydrogen-bond donors (Lipinski definition) is 2. The lowest BCUT2D eigenvalue weighted by Crippen LogP contribution is -2.33. The van der Waals surface area contributed by atoms with Gasteiger partial charge in [-0.1, -0.05) is 0 Å². The van der Waals surface area contributed by atoms with E-state index in [0.29, 0.717) is 26.2 Å². The van der Waals surface area contributed by atoms with E-state index in [1.54, 1.807) is 13.8 Å². The van der Waals surface area contributed by atoms with Crippen molar-refractivity contribution in [1.82, 2.24) is 0 Å². The Hall–Kier alpha value is -0.650. The van der Waals surface area contributed by atoms with Crippen LogP contribution in [-0.2, 0) is 14.3 Å². The van der Waals surface area contributed by atoms with Crippen molar-refractivity contribution in [2.45, 2.75) is 51.7 Å². The van der Waals surface area contributed by atoms with Gasteiger partial charge in [0.2, 0.25) is 0 Å². The first kappa shape index (κ1) is 16.4. The molecule has 0 aromatic carbocycles. The third-order valence-corrected chi connectivity index (χ3v) is 2.38. The van der Waals surface area contributed by atoms with Crippen LogP contribution in [0.3, 0.4) is 0 Å². The van der Waals surface area contributed by atoms with Crippen LogP contribution in [0.15, 0.2) is 0 Å². The van der Waals surface area contributed by atoms with Crippen molar-refractivity contribution in [2.24, 2.45) is 5.73 Å². The Labute approximate surface area is 103 Å². The Kier molecular flexibility index (Phi) is 6.67. The largest absolute Gasteiger partial charge is 0.481 e. The summed E-state index contributed by atoms with van der Waals surface area (Å²) in [6.07, 6.45) is 0.702. The molecule has 0 spiro atoms. The van der Waals surface area contributed by atoms with Crippen LogP contribution >= 0.6 is 0 Å². The number of nitrogens with two attached hydrogens (primary N) is 1. The standard InChI is InChI=1S/C12H25NO4/c1-11(2,17-8-6-13)5-7-16-12(3,4)9-10(14)15/h5-9,13H2,1-4H3,(H,14,15). The first-order chi connectivity index (χ1) is 7.68. The number of ether oxygens (including phenoxy) is 2. The van der Waals surface area contributed by atoms with Crippen LogP contribution in [0.25, 0.3) is 0 Å². The van der Waals surface area contributed by atoms with Gasteiger partial charge in [0.25, 0.3) is 0 Å². The van der Waals surface area contributed by atoms with Crippen LogP contribution < -0.4 is 5.73 Å². The summed E-state index contributed by atoms with van der Waals surface area (Å²) in [4.78, 5) is 10.6. The van der Waals surface area contributed by atoms with Crippen molar-refractivity contribution in [1.29, 1.82) is 0 Å². The Morgan fingerprint density at radius 3 is 2.12 bits per heavy atom. The number of rotatable bonds is 9. The van der Waals surface area contributed by atoms with Crippen molar-refractivity contribution >= 4 is 5.97 Å². The van der Waals surface area contributed by atoms with Crippen molar-refractivity contribution in [3.63, 3.8) is 0 Å². The van der Waals surface area contributed by atoms with Crippen molar-refractivity contribution in [3.05, 3.63) is 0 Å². The minimum atomic E-state index is -0.853. The van der Waals surface area contributed by atoms with Crippen LogP contribution in [0, 0.1) is 0 Å². The molecule has 0 rings (SSSR count). The lowest BCUT2D eigenvalue weighted by molar-refractivity contribution is -0.144. The van der Waals surface area contributed by atoms with Gasteiger partial charge in [0, 0.05) is 6.54 Å². The number of aliphatic carboxylic acids is 1. The maximum Gasteiger partial charge on any atom is 0.306 e. The van der Waals surface area contributed by atoms with E-state index in [1.807, 2.05) is 13.8 Å². The maximum atomic E-state index is 10.6. The highest BCUT2D eigenvalue weighted by atomic mass is 16.5. The first-order valence-corrected chi connectivity index (χ1v) is 5.88. The normalized spacial score (nSPS) is 12.8. The van der Waals surface area contributed by atoms with Crippen LogP contribution in [0.4, 0.5) is 0 Å². The van der Waals surface area contributed by atoms with Gasteiger partial charge in [-0.3, -0.25) is 4.79 Å². The van der Waals surface area contributed by atoms with Crippen LogP contribution in [-0.4, -0.2) is 42.0 Å². The third-order valence-electron chi connectivity index (χ3n) is 2.38. The molecule has 0 aliphatic carbocycles. The first-order valence-electron chi connectivity index (χ1n) is 5.88. The Bertz CT molecular complexity index is 239. The second-order valence-corrected chi connectivity index (χ2v) is 5.33. The predicted octanol–water partition coefficient (Wildman–Crippen LogP) is 1.40. The molecule has 0 fully saturated rings. The Morgan fingerprint density at radius 1 is 1.12 bits per heavy atom. The highest BCUT2D eigenvalue weighted by molar-refractivity contribution is 5.67. The lowest BCUT2D eigenvalue weighted by atomic mass is 10.0. The van der Waals surface area contributed by atoms with E-state index in [-0.39, 0.29) is 12.0 Å². The Morgan fingerprint density at radius 2 is 1.65 bits per heavy atom. The molecule has 0 saturated heterocycles. The van der Waals surface area contributed by atoms with E-state index < -0.39 is 11.6 Å². The Balaban J connectivity index is 3.92. The molecule has 5 nitrogen and oxygen atoms in total. The summed E-state index contributed by atoms with van der Waals surface area (Å²) >= 11 is 0. The molecule has 0 radical (unpaired) electrons. The van der Waals surface area contributed by atoms with Gasteiger partial charge < -0.3 is 20.3 Å². The zero-order valence-corrected chi connectivity index (χ0v) is 11.3. The summed E-state index contributed by atoms with van der Waals surface area (Å²) in [6, 6.07) is 0. The lowest BCUT2D eigenvalue weighted by Gasteiger charge is -2.28. The summed E-state index contributed by atoms with van der Waals surface area (Å²) in [5.74, 6) is -0.853. The van der Waals surface area contributed by atoms with Crippen molar-refractivity contribution in [2.75, 3.05) is 19.8 Å². The zero-order chi connectivity index (χ0) is 13.5. The average Bonchev–Trinajstić information content (AvgIpc) is 2.11. The van der Waals surface area contributed by atoms with Gasteiger partial charge in [0.05, 0.1) is 30.8 Å². The molecule has 0 heterocycles. The minimum absolute atomic E-state index is 0.00289. The van der Waals surface area contributed by atoms with Gasteiger partial charge in [0.1, 0.15) is 0 Å². The molecule has 0 aromatic rings. The van der Waals surface area contributed by atoms with Crippen molar-refractivity contribution < 1.29 is 19.4 Å². The second kappa shape index (κ2) is 6.93. The quantitative estimate of drug-likeness (QED) is 0.643. The van der Waals surface area contributed by atoms with Gasteiger partial charge in [-0.2, -0.15) is 0 Å². The fraction of sp³-hybridized carbons (Fsp3) is 0.917. The summed E-state index contributed by atoms with van der Waals surface area (Å²) in [5.41, 5.74) is 4.43. The summed E-state index contributed by atoms with van der Waals surface area (Å²) in [5, 5.41) is 8.71. The molecule has 5 heteroatoms. The monoisotopic (exact) mass is 247 g/mol. The van der Waals surface area contributed by atoms with Gasteiger partial charge >= 0.3 is 5.97 Å². The van der Waals surface area contributed by atoms with Gasteiger partial charge in [0.15, 0.2) is 0 Å². The molecule has 102 valence electrons. The molecular weight excluding hydrogens is 222 g/mol. The molecule has 0 atom stereocenters. The molecule has 0 unspecified atom stereocenters. The second-order valence-electron chi connectivity index (χ2n) is 5.33. The summed E-state index contributed by atoms with van der Waals surface area (Å²) < 4.78 is 11.1. The SMILES string of the molecule is CC(C)(CCOC(C)(C)CC(=O)O)OCCN. The van der Waals surface area contributed by atoms with Crippen LogP contribution in [0.5, 0.6) is 0 Å². The van der Waals surface area contributed by atoms with E-state index >= 15 is 0 Å². The molecule has 0 aromatic heterocycles. The van der Waals surface area contributed by atoms with Gasteiger partial charge in [-0.15, -0.1) is 0 Å². The van der Waals surface area contributed by atoms with E-state index in [1.165, 1.54) is 0 Å². The molecular formula is C12H25NO4. The highest BCUT2D eigenvalue weighted by Gasteiger charge is 2.24. The van der Waals surface area contributed by atoms with Crippen LogP contribution in [0.2, 0.25) is 0 Å². The number of carboxylic acid groups (broad SMARTS) is 1. The minimum Gasteiger partial charge on any atom is -0.481 e. The highest BCUT2D eigenvalue weighted by Crippen LogP contribution is 2.19. The third kappa shape index (κ3) is 9.09. The maximum absolute atomic E-state index is 10.6. The number of hydrogen-bond acceptors (Lipinski definition) is 4. The number of carbonyl (C=O) groups is 1. The molecule has 0 aliphatic heterocycles. The van der Waals surface area contributed by atoms with Crippen LogP contribution in [0.1, 0.15) is 40.5 Å². The zero-order valence-electron chi connectivity index (χ0n) is 11.3. The van der Waals surface area contributed by atoms with E-state index in [0.717, 1.165) is 0 Å². The summed E-state index contributed by atoms with van der Waals surface area (Å²) in [6.45, 7) is 8.97. The fourth-order valence-electron chi connectivity index (χ4n) is 1.40. The fourth-order valence-corrected chi connectivity index (χ4v) is 1.40. The van der Waals surface area contributed by atoms with E-state index in [9.17, 15) is 4.79 Å². The van der Waals surface area contributed by atoms with Gasteiger partial charge in [-0.25, -0.2) is 0 Å². The smallest absolute Gasteiger partial charge is 0.306 e. The van der Waals surface area contributed by atoms with Gasteiger partial charge in [-0.05, 0) is 34.1 Å². The number of carboxylic acids is 1.